The van der Waals surface area contributed by atoms with Crippen LogP contribution in [0.1, 0.15) is 59.8 Å². The molecular weight excluding hydrogens is 212 g/mol. The third-order valence-corrected chi connectivity index (χ3v) is 4.79. The number of hydrogen-bond acceptors (Lipinski definition) is 2. The predicted molar refractivity (Wildman–Crippen MR) is 70.8 cm³/mol. The second kappa shape index (κ2) is 6.53. The molecule has 1 aliphatic carbocycles. The van der Waals surface area contributed by atoms with Crippen LogP contribution in [0.3, 0.4) is 0 Å². The van der Waals surface area contributed by atoms with Crippen LogP contribution in [0.5, 0.6) is 0 Å². The van der Waals surface area contributed by atoms with Gasteiger partial charge in [-0.05, 0) is 37.0 Å². The summed E-state index contributed by atoms with van der Waals surface area (Å²) in [6, 6.07) is 0. The summed E-state index contributed by atoms with van der Waals surface area (Å²) in [6.45, 7) is 8.60. The molecule has 100 valence electrons. The van der Waals surface area contributed by atoms with Gasteiger partial charge in [-0.1, -0.05) is 40.5 Å². The summed E-state index contributed by atoms with van der Waals surface area (Å²) < 4.78 is 0. The standard InChI is InChI=1S/C15H28O2/c1-5-12(6-2)14(16)15(17)13-8-7-10(3)11(4)9-13/h10-14,16H,5-9H2,1-4H3. The van der Waals surface area contributed by atoms with Gasteiger partial charge in [-0.2, -0.15) is 0 Å². The van der Waals surface area contributed by atoms with Crippen LogP contribution < -0.4 is 0 Å². The van der Waals surface area contributed by atoms with E-state index in [1.165, 1.54) is 0 Å². The summed E-state index contributed by atoms with van der Waals surface area (Å²) >= 11 is 0. The van der Waals surface area contributed by atoms with Crippen LogP contribution in [0.4, 0.5) is 0 Å². The molecule has 0 bridgehead atoms. The minimum Gasteiger partial charge on any atom is -0.385 e. The number of hydrogen-bond donors (Lipinski definition) is 1. The van der Waals surface area contributed by atoms with E-state index >= 15 is 0 Å². The van der Waals surface area contributed by atoms with E-state index < -0.39 is 6.10 Å². The zero-order valence-electron chi connectivity index (χ0n) is 11.8. The minimum absolute atomic E-state index is 0.108. The van der Waals surface area contributed by atoms with Gasteiger partial charge in [0.1, 0.15) is 6.10 Å². The van der Waals surface area contributed by atoms with Crippen LogP contribution in [0.15, 0.2) is 0 Å². The Hall–Kier alpha value is -0.370. The van der Waals surface area contributed by atoms with Crippen LogP contribution in [0.2, 0.25) is 0 Å². The molecule has 0 aromatic heterocycles. The van der Waals surface area contributed by atoms with Crippen LogP contribution in [-0.2, 0) is 4.79 Å². The molecular formula is C15H28O2. The summed E-state index contributed by atoms with van der Waals surface area (Å²) in [5, 5.41) is 10.1. The third-order valence-electron chi connectivity index (χ3n) is 4.79. The first-order valence-electron chi connectivity index (χ1n) is 7.22. The summed E-state index contributed by atoms with van der Waals surface area (Å²) in [7, 11) is 0. The lowest BCUT2D eigenvalue weighted by Crippen LogP contribution is -2.37. The van der Waals surface area contributed by atoms with Crippen molar-refractivity contribution in [2.24, 2.45) is 23.7 Å². The molecule has 0 spiro atoms. The number of aliphatic hydroxyl groups excluding tert-OH is 1. The van der Waals surface area contributed by atoms with Crippen molar-refractivity contribution in [1.29, 1.82) is 0 Å². The first-order valence-corrected chi connectivity index (χ1v) is 7.22. The van der Waals surface area contributed by atoms with Gasteiger partial charge in [-0.25, -0.2) is 0 Å². The number of rotatable bonds is 5. The highest BCUT2D eigenvalue weighted by Crippen LogP contribution is 2.35. The van der Waals surface area contributed by atoms with Gasteiger partial charge in [-0.15, -0.1) is 0 Å². The monoisotopic (exact) mass is 240 g/mol. The highest BCUT2D eigenvalue weighted by molar-refractivity contribution is 5.85. The Bertz CT molecular complexity index is 245. The third kappa shape index (κ3) is 3.54. The van der Waals surface area contributed by atoms with E-state index in [4.69, 9.17) is 0 Å². The topological polar surface area (TPSA) is 37.3 Å². The largest absolute Gasteiger partial charge is 0.385 e. The molecule has 1 saturated carbocycles. The van der Waals surface area contributed by atoms with Gasteiger partial charge in [0, 0.05) is 5.92 Å². The van der Waals surface area contributed by atoms with Crippen molar-refractivity contribution < 1.29 is 9.90 Å². The van der Waals surface area contributed by atoms with Gasteiger partial charge >= 0.3 is 0 Å². The van der Waals surface area contributed by atoms with Crippen molar-refractivity contribution in [3.8, 4) is 0 Å². The lowest BCUT2D eigenvalue weighted by atomic mass is 9.72. The van der Waals surface area contributed by atoms with E-state index in [9.17, 15) is 9.90 Å². The van der Waals surface area contributed by atoms with Crippen LogP contribution in [-0.4, -0.2) is 17.0 Å². The maximum atomic E-state index is 12.3. The fourth-order valence-corrected chi connectivity index (χ4v) is 3.01. The lowest BCUT2D eigenvalue weighted by Gasteiger charge is -2.33. The first kappa shape index (κ1) is 14.7. The maximum Gasteiger partial charge on any atom is 0.164 e. The lowest BCUT2D eigenvalue weighted by molar-refractivity contribution is -0.136. The van der Waals surface area contributed by atoms with Crippen molar-refractivity contribution in [2.75, 3.05) is 0 Å². The number of carbonyl (C=O) groups excluding carboxylic acids is 1. The molecule has 0 saturated heterocycles. The molecule has 2 heteroatoms. The number of ketones is 1. The Kier molecular flexibility index (Phi) is 5.64. The van der Waals surface area contributed by atoms with Crippen LogP contribution in [0.25, 0.3) is 0 Å². The molecule has 0 aromatic carbocycles. The smallest absolute Gasteiger partial charge is 0.164 e. The number of Topliss-reactive ketones (excluding diaryl/α,β-unsaturated/α-hetero) is 1. The van der Waals surface area contributed by atoms with Gasteiger partial charge in [0.2, 0.25) is 0 Å². The van der Waals surface area contributed by atoms with Crippen molar-refractivity contribution in [1.82, 2.24) is 0 Å². The SMILES string of the molecule is CCC(CC)C(O)C(=O)C1CCC(C)C(C)C1. The van der Waals surface area contributed by atoms with Gasteiger partial charge in [0.25, 0.3) is 0 Å². The van der Waals surface area contributed by atoms with Crippen LogP contribution in [0, 0.1) is 23.7 Å². The second-order valence-corrected chi connectivity index (χ2v) is 5.89. The van der Waals surface area contributed by atoms with Gasteiger partial charge in [0.05, 0.1) is 0 Å². The molecule has 1 aliphatic rings. The molecule has 17 heavy (non-hydrogen) atoms. The maximum absolute atomic E-state index is 12.3. The predicted octanol–water partition coefficient (Wildman–Crippen LogP) is 3.42. The van der Waals surface area contributed by atoms with E-state index in [0.717, 1.165) is 38.0 Å². The highest BCUT2D eigenvalue weighted by Gasteiger charge is 2.34. The average Bonchev–Trinajstić information content (AvgIpc) is 2.33. The van der Waals surface area contributed by atoms with Crippen molar-refractivity contribution in [2.45, 2.75) is 65.9 Å². The zero-order valence-corrected chi connectivity index (χ0v) is 11.8. The molecule has 0 heterocycles. The molecule has 4 atom stereocenters. The highest BCUT2D eigenvalue weighted by atomic mass is 16.3. The quantitative estimate of drug-likeness (QED) is 0.799. The fourth-order valence-electron chi connectivity index (χ4n) is 3.01. The Balaban J connectivity index is 2.58. The summed E-state index contributed by atoms with van der Waals surface area (Å²) in [4.78, 5) is 12.3. The molecule has 0 radical (unpaired) electrons. The molecule has 1 fully saturated rings. The normalized spacial score (nSPS) is 31.5. The van der Waals surface area contributed by atoms with Crippen molar-refractivity contribution >= 4 is 5.78 Å². The molecule has 0 amide bonds. The number of aliphatic hydroxyl groups is 1. The first-order chi connectivity index (χ1) is 8.01. The fraction of sp³-hybridized carbons (Fsp3) is 0.933. The van der Waals surface area contributed by atoms with E-state index in [-0.39, 0.29) is 17.6 Å². The summed E-state index contributed by atoms with van der Waals surface area (Å²) in [5.74, 6) is 1.71. The van der Waals surface area contributed by atoms with E-state index in [2.05, 4.69) is 27.7 Å². The minimum atomic E-state index is -0.726. The van der Waals surface area contributed by atoms with Crippen LogP contribution >= 0.6 is 0 Å². The molecule has 1 rings (SSSR count). The average molecular weight is 240 g/mol. The molecule has 4 unspecified atom stereocenters. The van der Waals surface area contributed by atoms with Gasteiger partial charge in [0.15, 0.2) is 5.78 Å². The second-order valence-electron chi connectivity index (χ2n) is 5.89. The molecule has 2 nitrogen and oxygen atoms in total. The Morgan fingerprint density at radius 1 is 1.18 bits per heavy atom. The summed E-state index contributed by atoms with van der Waals surface area (Å²) in [5.41, 5.74) is 0. The van der Waals surface area contributed by atoms with Gasteiger partial charge < -0.3 is 5.11 Å². The van der Waals surface area contributed by atoms with E-state index in [1.54, 1.807) is 0 Å². The van der Waals surface area contributed by atoms with Gasteiger partial charge in [-0.3, -0.25) is 4.79 Å². The van der Waals surface area contributed by atoms with E-state index in [0.29, 0.717) is 5.92 Å². The van der Waals surface area contributed by atoms with Crippen molar-refractivity contribution in [3.05, 3.63) is 0 Å². The summed E-state index contributed by atoms with van der Waals surface area (Å²) in [6.07, 6.45) is 4.13. The number of carbonyl (C=O) groups is 1. The Morgan fingerprint density at radius 2 is 1.76 bits per heavy atom. The molecule has 0 aromatic rings. The zero-order chi connectivity index (χ0) is 13.0. The Labute approximate surface area is 106 Å². The van der Waals surface area contributed by atoms with Crippen molar-refractivity contribution in [3.63, 3.8) is 0 Å². The Morgan fingerprint density at radius 3 is 2.24 bits per heavy atom. The molecule has 0 aliphatic heterocycles. The molecule has 1 N–H and O–H groups in total. The van der Waals surface area contributed by atoms with E-state index in [1.807, 2.05) is 0 Å².